The van der Waals surface area contributed by atoms with E-state index in [0.29, 0.717) is 26.1 Å². The highest BCUT2D eigenvalue weighted by molar-refractivity contribution is 5.75. The van der Waals surface area contributed by atoms with Gasteiger partial charge in [-0.05, 0) is 20.8 Å². The maximum absolute atomic E-state index is 11.8. The number of hydrogen-bond acceptors (Lipinski definition) is 3. The number of carbonyl (C=O) groups excluding carboxylic acids is 1. The Morgan fingerprint density at radius 3 is 2.47 bits per heavy atom. The van der Waals surface area contributed by atoms with E-state index < -0.39 is 0 Å². The van der Waals surface area contributed by atoms with Crippen molar-refractivity contribution < 1.29 is 4.79 Å². The third-order valence-corrected chi connectivity index (χ3v) is 2.17. The van der Waals surface area contributed by atoms with Gasteiger partial charge < -0.3 is 5.73 Å². The van der Waals surface area contributed by atoms with Crippen molar-refractivity contribution in [3.8, 4) is 0 Å². The highest BCUT2D eigenvalue weighted by Gasteiger charge is 2.20. The fraction of sp³-hybridized carbons (Fsp3) is 0.727. The Hall–Kier alpha value is -0.870. The van der Waals surface area contributed by atoms with E-state index in [0.717, 1.165) is 0 Å². The molecule has 88 valence electrons. The van der Waals surface area contributed by atoms with E-state index in [2.05, 4.69) is 20.4 Å². The lowest BCUT2D eigenvalue weighted by Gasteiger charge is -2.36. The predicted octanol–water partition coefficient (Wildman–Crippen LogP) is 0.995. The minimum Gasteiger partial charge on any atom is -0.330 e. The van der Waals surface area contributed by atoms with Crippen LogP contribution < -0.4 is 5.73 Å². The molecule has 0 aliphatic rings. The number of carbonyl (C=O) groups is 1. The zero-order valence-corrected chi connectivity index (χ0v) is 10.1. The average Bonchev–Trinajstić information content (AvgIpc) is 2.18. The summed E-state index contributed by atoms with van der Waals surface area (Å²) in [7, 11) is 0. The first-order valence-electron chi connectivity index (χ1n) is 5.46. The molecule has 0 aromatic heterocycles. The fourth-order valence-corrected chi connectivity index (χ4v) is 1.47. The van der Waals surface area contributed by atoms with Gasteiger partial charge in [-0.25, -0.2) is 5.01 Å². The number of rotatable bonds is 7. The molecule has 0 atom stereocenters. The molecular formula is C11H23N3O. The molecule has 0 heterocycles. The topological polar surface area (TPSA) is 49.6 Å². The van der Waals surface area contributed by atoms with E-state index in [1.54, 1.807) is 11.1 Å². The van der Waals surface area contributed by atoms with Crippen LogP contribution in [0.3, 0.4) is 0 Å². The summed E-state index contributed by atoms with van der Waals surface area (Å²) in [5, 5.41) is 3.75. The molecule has 1 amide bonds. The standard InChI is InChI=1S/C11H23N3O/c1-5-9-14(10(3)4)13(6-2)11(15)7-8-12/h5,10H,1,6-9,12H2,2-4H3. The summed E-state index contributed by atoms with van der Waals surface area (Å²) < 4.78 is 0. The smallest absolute Gasteiger partial charge is 0.238 e. The van der Waals surface area contributed by atoms with Crippen molar-refractivity contribution in [1.29, 1.82) is 0 Å². The highest BCUT2D eigenvalue weighted by atomic mass is 16.2. The monoisotopic (exact) mass is 213 g/mol. The van der Waals surface area contributed by atoms with Crippen molar-refractivity contribution in [2.24, 2.45) is 5.73 Å². The SMILES string of the molecule is C=CCN(C(C)C)N(CC)C(=O)CCN. The zero-order valence-electron chi connectivity index (χ0n) is 10.1. The molecule has 15 heavy (non-hydrogen) atoms. The molecule has 0 aliphatic heterocycles. The van der Waals surface area contributed by atoms with Crippen LogP contribution in [0.15, 0.2) is 12.7 Å². The third kappa shape index (κ3) is 4.44. The molecule has 0 fully saturated rings. The van der Waals surface area contributed by atoms with Crippen molar-refractivity contribution >= 4 is 5.91 Å². The van der Waals surface area contributed by atoms with Crippen molar-refractivity contribution in [1.82, 2.24) is 10.0 Å². The molecule has 0 radical (unpaired) electrons. The second-order valence-corrected chi connectivity index (χ2v) is 3.65. The molecule has 2 N–H and O–H groups in total. The van der Waals surface area contributed by atoms with Gasteiger partial charge in [0.1, 0.15) is 0 Å². The quantitative estimate of drug-likeness (QED) is 0.507. The molecule has 0 rings (SSSR count). The van der Waals surface area contributed by atoms with Gasteiger partial charge in [0, 0.05) is 32.1 Å². The summed E-state index contributed by atoms with van der Waals surface area (Å²) in [6, 6.07) is 0.282. The van der Waals surface area contributed by atoms with Crippen molar-refractivity contribution in [2.75, 3.05) is 19.6 Å². The van der Waals surface area contributed by atoms with E-state index in [1.807, 2.05) is 11.9 Å². The molecule has 0 spiro atoms. The van der Waals surface area contributed by atoms with Crippen molar-refractivity contribution in [2.45, 2.75) is 33.2 Å². The minimum atomic E-state index is 0.0792. The van der Waals surface area contributed by atoms with Gasteiger partial charge >= 0.3 is 0 Å². The number of nitrogens with two attached hydrogens (primary N) is 1. The Kier molecular flexibility index (Phi) is 6.99. The predicted molar refractivity (Wildman–Crippen MR) is 63.1 cm³/mol. The van der Waals surface area contributed by atoms with Gasteiger partial charge in [0.15, 0.2) is 0 Å². The lowest BCUT2D eigenvalue weighted by molar-refractivity contribution is -0.150. The Morgan fingerprint density at radius 1 is 1.53 bits per heavy atom. The first-order chi connectivity index (χ1) is 7.08. The number of amides is 1. The first-order valence-corrected chi connectivity index (χ1v) is 5.46. The van der Waals surface area contributed by atoms with Crippen LogP contribution in [0.25, 0.3) is 0 Å². The highest BCUT2D eigenvalue weighted by Crippen LogP contribution is 2.06. The Labute approximate surface area is 92.7 Å². The number of hydrazine groups is 1. The van der Waals surface area contributed by atoms with Gasteiger partial charge in [-0.1, -0.05) is 6.08 Å². The van der Waals surface area contributed by atoms with Crippen LogP contribution in [0.5, 0.6) is 0 Å². The number of nitrogens with zero attached hydrogens (tertiary/aromatic N) is 2. The lowest BCUT2D eigenvalue weighted by Crippen LogP contribution is -2.50. The molecule has 0 aromatic rings. The molecule has 0 aliphatic carbocycles. The van der Waals surface area contributed by atoms with Crippen LogP contribution in [-0.2, 0) is 4.79 Å². The second-order valence-electron chi connectivity index (χ2n) is 3.65. The molecule has 4 heteroatoms. The molecule has 0 unspecified atom stereocenters. The second kappa shape index (κ2) is 7.43. The van der Waals surface area contributed by atoms with Gasteiger partial charge in [-0.3, -0.25) is 9.80 Å². The van der Waals surface area contributed by atoms with Gasteiger partial charge in [-0.15, -0.1) is 6.58 Å². The summed E-state index contributed by atoms with van der Waals surface area (Å²) in [5.41, 5.74) is 5.39. The minimum absolute atomic E-state index is 0.0792. The zero-order chi connectivity index (χ0) is 11.8. The molecule has 0 saturated carbocycles. The van der Waals surface area contributed by atoms with E-state index in [9.17, 15) is 4.79 Å². The van der Waals surface area contributed by atoms with Crippen molar-refractivity contribution in [3.05, 3.63) is 12.7 Å². The van der Waals surface area contributed by atoms with Crippen LogP contribution in [0.4, 0.5) is 0 Å². The Balaban J connectivity index is 4.56. The normalized spacial score (nSPS) is 10.8. The first kappa shape index (κ1) is 14.1. The fourth-order valence-electron chi connectivity index (χ4n) is 1.47. The summed E-state index contributed by atoms with van der Waals surface area (Å²) >= 11 is 0. The third-order valence-electron chi connectivity index (χ3n) is 2.17. The molecule has 0 saturated heterocycles. The summed E-state index contributed by atoms with van der Waals surface area (Å²) in [6.07, 6.45) is 2.20. The van der Waals surface area contributed by atoms with E-state index >= 15 is 0 Å². The Morgan fingerprint density at radius 2 is 2.13 bits per heavy atom. The maximum atomic E-state index is 11.8. The van der Waals surface area contributed by atoms with Crippen molar-refractivity contribution in [3.63, 3.8) is 0 Å². The molecular weight excluding hydrogens is 190 g/mol. The van der Waals surface area contributed by atoms with Crippen LogP contribution >= 0.6 is 0 Å². The average molecular weight is 213 g/mol. The van der Waals surface area contributed by atoms with Crippen LogP contribution in [0.2, 0.25) is 0 Å². The summed E-state index contributed by atoms with van der Waals surface area (Å²) in [4.78, 5) is 11.8. The van der Waals surface area contributed by atoms with E-state index in [4.69, 9.17) is 5.73 Å². The molecule has 0 bridgehead atoms. The van der Waals surface area contributed by atoms with Gasteiger partial charge in [0.25, 0.3) is 0 Å². The van der Waals surface area contributed by atoms with E-state index in [-0.39, 0.29) is 11.9 Å². The largest absolute Gasteiger partial charge is 0.330 e. The number of hydrogen-bond donors (Lipinski definition) is 1. The van der Waals surface area contributed by atoms with Gasteiger partial charge in [0.2, 0.25) is 5.91 Å². The molecule has 4 nitrogen and oxygen atoms in total. The lowest BCUT2D eigenvalue weighted by atomic mass is 10.3. The molecule has 0 aromatic carbocycles. The van der Waals surface area contributed by atoms with Crippen LogP contribution in [0.1, 0.15) is 27.2 Å². The summed E-state index contributed by atoms with van der Waals surface area (Å²) in [5.74, 6) is 0.0792. The van der Waals surface area contributed by atoms with Gasteiger partial charge in [-0.2, -0.15) is 0 Å². The summed E-state index contributed by atoms with van der Waals surface area (Å²) in [6.45, 7) is 11.5. The van der Waals surface area contributed by atoms with Gasteiger partial charge in [0.05, 0.1) is 0 Å². The Bertz CT molecular complexity index is 204. The maximum Gasteiger partial charge on any atom is 0.238 e. The van der Waals surface area contributed by atoms with E-state index in [1.165, 1.54) is 0 Å². The van der Waals surface area contributed by atoms with Crippen LogP contribution in [-0.4, -0.2) is 41.6 Å². The van der Waals surface area contributed by atoms with Crippen LogP contribution in [0, 0.1) is 0 Å².